The zero-order valence-electron chi connectivity index (χ0n) is 11.4. The molecule has 3 rings (SSSR count). The Kier molecular flexibility index (Phi) is 4.06. The highest BCUT2D eigenvalue weighted by Crippen LogP contribution is 2.25. The summed E-state index contributed by atoms with van der Waals surface area (Å²) in [6, 6.07) is 3.53. The molecule has 0 aromatic carbocycles. The molecule has 110 valence electrons. The Morgan fingerprint density at radius 1 is 1.48 bits per heavy atom. The molecular weight excluding hydrogens is 292 g/mol. The van der Waals surface area contributed by atoms with Gasteiger partial charge in [-0.2, -0.15) is 5.10 Å². The zero-order valence-corrected chi connectivity index (χ0v) is 12.1. The Bertz CT molecular complexity index is 617. The van der Waals surface area contributed by atoms with Gasteiger partial charge in [-0.1, -0.05) is 11.6 Å². The Morgan fingerprint density at radius 3 is 3.14 bits per heavy atom. The van der Waals surface area contributed by atoms with Gasteiger partial charge in [0.2, 0.25) is 5.91 Å². The molecule has 0 spiro atoms. The standard InChI is InChI=1S/C14H15ClN4O2/c15-12-8-16-5-2-13(12)21-11-3-7-18(9-11)14(20)10-19-6-1-4-17-19/h1-2,4-6,8,11H,3,7,9-10H2. The van der Waals surface area contributed by atoms with Gasteiger partial charge in [-0.05, 0) is 6.07 Å². The van der Waals surface area contributed by atoms with Crippen LogP contribution >= 0.6 is 11.6 Å². The van der Waals surface area contributed by atoms with Crippen LogP contribution in [0.5, 0.6) is 5.75 Å². The number of nitrogens with zero attached hydrogens (tertiary/aromatic N) is 4. The molecule has 0 aliphatic carbocycles. The van der Waals surface area contributed by atoms with Gasteiger partial charge in [0.25, 0.3) is 0 Å². The van der Waals surface area contributed by atoms with Gasteiger partial charge in [0.15, 0.2) is 0 Å². The quantitative estimate of drug-likeness (QED) is 0.861. The lowest BCUT2D eigenvalue weighted by molar-refractivity contribution is -0.131. The fourth-order valence-electron chi connectivity index (χ4n) is 2.32. The second kappa shape index (κ2) is 6.13. The van der Waals surface area contributed by atoms with Crippen molar-refractivity contribution < 1.29 is 9.53 Å². The van der Waals surface area contributed by atoms with Crippen molar-refractivity contribution in [1.82, 2.24) is 19.7 Å². The molecule has 1 unspecified atom stereocenters. The van der Waals surface area contributed by atoms with Crippen LogP contribution in [0.25, 0.3) is 0 Å². The molecule has 0 bridgehead atoms. The van der Waals surface area contributed by atoms with Gasteiger partial charge in [0.1, 0.15) is 23.4 Å². The van der Waals surface area contributed by atoms with Gasteiger partial charge in [0.05, 0.1) is 6.54 Å². The first-order chi connectivity index (χ1) is 10.2. The van der Waals surface area contributed by atoms with E-state index < -0.39 is 0 Å². The van der Waals surface area contributed by atoms with Crippen LogP contribution in [0.1, 0.15) is 6.42 Å². The summed E-state index contributed by atoms with van der Waals surface area (Å²) in [4.78, 5) is 17.9. The molecule has 1 aliphatic heterocycles. The van der Waals surface area contributed by atoms with Crippen molar-refractivity contribution in [2.75, 3.05) is 13.1 Å². The molecule has 1 saturated heterocycles. The number of ether oxygens (including phenoxy) is 1. The van der Waals surface area contributed by atoms with E-state index in [1.807, 2.05) is 0 Å². The average molecular weight is 307 g/mol. The highest BCUT2D eigenvalue weighted by atomic mass is 35.5. The number of aromatic nitrogens is 3. The molecule has 1 atom stereocenters. The molecule has 3 heterocycles. The highest BCUT2D eigenvalue weighted by molar-refractivity contribution is 6.31. The minimum absolute atomic E-state index is 0.0357. The summed E-state index contributed by atoms with van der Waals surface area (Å²) in [5, 5.41) is 4.52. The maximum atomic E-state index is 12.2. The Balaban J connectivity index is 1.56. The summed E-state index contributed by atoms with van der Waals surface area (Å²) in [6.45, 7) is 1.52. The number of hydrogen-bond donors (Lipinski definition) is 0. The molecule has 0 saturated carbocycles. The van der Waals surface area contributed by atoms with Crippen molar-refractivity contribution in [1.29, 1.82) is 0 Å². The number of likely N-dealkylation sites (tertiary alicyclic amines) is 1. The van der Waals surface area contributed by atoms with Crippen LogP contribution in [0.4, 0.5) is 0 Å². The van der Waals surface area contributed by atoms with Crippen LogP contribution < -0.4 is 4.74 Å². The molecule has 7 heteroatoms. The predicted molar refractivity (Wildman–Crippen MR) is 77.1 cm³/mol. The number of hydrogen-bond acceptors (Lipinski definition) is 4. The molecular formula is C14H15ClN4O2. The summed E-state index contributed by atoms with van der Waals surface area (Å²) in [5.74, 6) is 0.656. The number of carbonyl (C=O) groups excluding carboxylic acids is 1. The van der Waals surface area contributed by atoms with Crippen molar-refractivity contribution in [2.45, 2.75) is 19.1 Å². The van der Waals surface area contributed by atoms with E-state index in [0.29, 0.717) is 23.9 Å². The molecule has 0 N–H and O–H groups in total. The first-order valence-corrected chi connectivity index (χ1v) is 7.11. The van der Waals surface area contributed by atoms with Crippen molar-refractivity contribution >= 4 is 17.5 Å². The number of rotatable bonds is 4. The van der Waals surface area contributed by atoms with Gasteiger partial charge in [-0.25, -0.2) is 0 Å². The van der Waals surface area contributed by atoms with Gasteiger partial charge < -0.3 is 9.64 Å². The third-order valence-electron chi connectivity index (χ3n) is 3.38. The fraction of sp³-hybridized carbons (Fsp3) is 0.357. The Morgan fingerprint density at radius 2 is 2.38 bits per heavy atom. The lowest BCUT2D eigenvalue weighted by atomic mass is 10.3. The highest BCUT2D eigenvalue weighted by Gasteiger charge is 2.28. The van der Waals surface area contributed by atoms with E-state index in [2.05, 4.69) is 10.1 Å². The Hall–Kier alpha value is -2.08. The number of carbonyl (C=O) groups is 1. The fourth-order valence-corrected chi connectivity index (χ4v) is 2.48. The normalized spacial score (nSPS) is 18.0. The molecule has 6 nitrogen and oxygen atoms in total. The summed E-state index contributed by atoms with van der Waals surface area (Å²) in [5.41, 5.74) is 0. The molecule has 1 amide bonds. The van der Waals surface area contributed by atoms with E-state index in [9.17, 15) is 4.79 Å². The SMILES string of the molecule is O=C(Cn1cccn1)N1CCC(Oc2ccncc2Cl)C1. The average Bonchev–Trinajstić information content (AvgIpc) is 3.13. The monoisotopic (exact) mass is 306 g/mol. The minimum atomic E-state index is -0.0357. The maximum absolute atomic E-state index is 12.2. The van der Waals surface area contributed by atoms with Crippen molar-refractivity contribution in [3.8, 4) is 5.75 Å². The van der Waals surface area contributed by atoms with E-state index in [1.165, 1.54) is 0 Å². The molecule has 2 aromatic heterocycles. The van der Waals surface area contributed by atoms with Crippen LogP contribution in [0.15, 0.2) is 36.9 Å². The third kappa shape index (κ3) is 3.33. The lowest BCUT2D eigenvalue weighted by Gasteiger charge is -2.17. The van der Waals surface area contributed by atoms with Crippen molar-refractivity contribution in [2.24, 2.45) is 0 Å². The molecule has 2 aromatic rings. The van der Waals surface area contributed by atoms with Gasteiger partial charge in [0, 0.05) is 43.8 Å². The van der Waals surface area contributed by atoms with Crippen molar-refractivity contribution in [3.05, 3.63) is 41.9 Å². The lowest BCUT2D eigenvalue weighted by Crippen LogP contribution is -2.33. The first-order valence-electron chi connectivity index (χ1n) is 6.74. The van der Waals surface area contributed by atoms with E-state index in [1.54, 1.807) is 46.5 Å². The van der Waals surface area contributed by atoms with Gasteiger partial charge in [-0.15, -0.1) is 0 Å². The van der Waals surface area contributed by atoms with E-state index in [0.717, 1.165) is 6.42 Å². The molecule has 1 fully saturated rings. The third-order valence-corrected chi connectivity index (χ3v) is 3.67. The van der Waals surface area contributed by atoms with E-state index >= 15 is 0 Å². The summed E-state index contributed by atoms with van der Waals surface area (Å²) < 4.78 is 7.45. The van der Waals surface area contributed by atoms with Gasteiger partial charge >= 0.3 is 0 Å². The van der Waals surface area contributed by atoms with Crippen LogP contribution in [0, 0.1) is 0 Å². The summed E-state index contributed by atoms with van der Waals surface area (Å²) >= 11 is 6.02. The molecule has 1 aliphatic rings. The largest absolute Gasteiger partial charge is 0.487 e. The van der Waals surface area contributed by atoms with Crippen LogP contribution in [-0.4, -0.2) is 44.8 Å². The van der Waals surface area contributed by atoms with Crippen molar-refractivity contribution in [3.63, 3.8) is 0 Å². The van der Waals surface area contributed by atoms with E-state index in [-0.39, 0.29) is 18.6 Å². The second-order valence-electron chi connectivity index (χ2n) is 4.88. The van der Waals surface area contributed by atoms with E-state index in [4.69, 9.17) is 16.3 Å². The number of halogens is 1. The molecule has 21 heavy (non-hydrogen) atoms. The summed E-state index contributed by atoms with van der Waals surface area (Å²) in [6.07, 6.45) is 7.38. The predicted octanol–water partition coefficient (Wildman–Crippen LogP) is 1.61. The topological polar surface area (TPSA) is 60.2 Å². The number of amides is 1. The van der Waals surface area contributed by atoms with Crippen LogP contribution in [0.3, 0.4) is 0 Å². The number of pyridine rings is 1. The minimum Gasteiger partial charge on any atom is -0.487 e. The van der Waals surface area contributed by atoms with Crippen LogP contribution in [0.2, 0.25) is 5.02 Å². The van der Waals surface area contributed by atoms with Crippen LogP contribution in [-0.2, 0) is 11.3 Å². The van der Waals surface area contributed by atoms with Gasteiger partial charge in [-0.3, -0.25) is 14.5 Å². The molecule has 0 radical (unpaired) electrons. The second-order valence-corrected chi connectivity index (χ2v) is 5.29. The summed E-state index contributed by atoms with van der Waals surface area (Å²) in [7, 11) is 0. The zero-order chi connectivity index (χ0) is 14.7. The first kappa shape index (κ1) is 13.9. The smallest absolute Gasteiger partial charge is 0.244 e. The maximum Gasteiger partial charge on any atom is 0.244 e. The Labute approximate surface area is 127 Å².